The second kappa shape index (κ2) is 5.76. The highest BCUT2D eigenvalue weighted by Gasteiger charge is 2.07. The Labute approximate surface area is 120 Å². The van der Waals surface area contributed by atoms with E-state index in [1.54, 1.807) is 37.7 Å². The predicted octanol–water partition coefficient (Wildman–Crippen LogP) is 1.13. The van der Waals surface area contributed by atoms with Crippen LogP contribution in [0.4, 0.5) is 0 Å². The number of rotatable bonds is 5. The molecular weight excluding hydrogens is 272 g/mol. The molecule has 0 saturated carbocycles. The number of nitrogens with zero attached hydrogens (tertiary/aromatic N) is 3. The number of methoxy groups -OCH3 is 1. The van der Waals surface area contributed by atoms with Crippen molar-refractivity contribution < 1.29 is 9.47 Å². The maximum atomic E-state index is 12.0. The van der Waals surface area contributed by atoms with Crippen LogP contribution in [0.5, 0.6) is 5.75 Å². The quantitative estimate of drug-likeness (QED) is 0.711. The molecule has 0 aliphatic heterocycles. The van der Waals surface area contributed by atoms with Crippen molar-refractivity contribution in [2.75, 3.05) is 20.3 Å². The van der Waals surface area contributed by atoms with Crippen LogP contribution in [0.3, 0.4) is 0 Å². The van der Waals surface area contributed by atoms with E-state index in [1.807, 2.05) is 6.07 Å². The van der Waals surface area contributed by atoms with Gasteiger partial charge in [0.2, 0.25) is 5.95 Å². The zero-order valence-corrected chi connectivity index (χ0v) is 11.4. The van der Waals surface area contributed by atoms with Crippen LogP contribution in [0.15, 0.2) is 41.5 Å². The molecule has 108 valence electrons. The van der Waals surface area contributed by atoms with Crippen molar-refractivity contribution in [3.63, 3.8) is 0 Å². The average Bonchev–Trinajstić information content (AvgIpc) is 2.96. The van der Waals surface area contributed by atoms with E-state index in [0.717, 1.165) is 0 Å². The third kappa shape index (κ3) is 2.77. The fourth-order valence-corrected chi connectivity index (χ4v) is 1.92. The molecule has 0 radical (unpaired) electrons. The van der Waals surface area contributed by atoms with Gasteiger partial charge in [-0.3, -0.25) is 9.78 Å². The van der Waals surface area contributed by atoms with E-state index >= 15 is 0 Å². The van der Waals surface area contributed by atoms with Gasteiger partial charge in [0.15, 0.2) is 5.75 Å². The van der Waals surface area contributed by atoms with Crippen LogP contribution < -0.4 is 10.3 Å². The smallest absolute Gasteiger partial charge is 0.260 e. The Morgan fingerprint density at radius 1 is 1.29 bits per heavy atom. The topological polar surface area (TPSA) is 82.0 Å². The standard InChI is InChI=1S/C14H14N4O3/c1-20-6-7-21-10-8-15-18(9-10)14-16-12-5-3-2-4-11(12)13(19)17-14/h2-5,8-9H,6-7H2,1H3,(H,16,17,19). The number of benzene rings is 1. The van der Waals surface area contributed by atoms with Crippen LogP contribution >= 0.6 is 0 Å². The minimum atomic E-state index is -0.201. The lowest BCUT2D eigenvalue weighted by Crippen LogP contribution is -2.13. The predicted molar refractivity (Wildman–Crippen MR) is 76.9 cm³/mol. The molecule has 21 heavy (non-hydrogen) atoms. The highest BCUT2D eigenvalue weighted by Crippen LogP contribution is 2.12. The van der Waals surface area contributed by atoms with Crippen molar-refractivity contribution in [1.82, 2.24) is 19.7 Å². The second-order valence-corrected chi connectivity index (χ2v) is 4.37. The molecule has 0 amide bonds. The molecule has 0 aliphatic carbocycles. The third-order valence-corrected chi connectivity index (χ3v) is 2.93. The van der Waals surface area contributed by atoms with Gasteiger partial charge in [0, 0.05) is 7.11 Å². The van der Waals surface area contributed by atoms with Crippen molar-refractivity contribution in [3.05, 3.63) is 47.0 Å². The summed E-state index contributed by atoms with van der Waals surface area (Å²) in [6.45, 7) is 0.931. The first-order chi connectivity index (χ1) is 10.3. The van der Waals surface area contributed by atoms with E-state index in [-0.39, 0.29) is 5.56 Å². The molecule has 0 fully saturated rings. The Balaban J connectivity index is 1.92. The van der Waals surface area contributed by atoms with E-state index in [0.29, 0.717) is 35.8 Å². The minimum absolute atomic E-state index is 0.201. The zero-order valence-electron chi connectivity index (χ0n) is 11.4. The van der Waals surface area contributed by atoms with Gasteiger partial charge in [0.05, 0.1) is 29.9 Å². The van der Waals surface area contributed by atoms with Crippen LogP contribution in [0.1, 0.15) is 0 Å². The lowest BCUT2D eigenvalue weighted by atomic mass is 10.2. The fourth-order valence-electron chi connectivity index (χ4n) is 1.92. The van der Waals surface area contributed by atoms with Gasteiger partial charge in [-0.1, -0.05) is 12.1 Å². The van der Waals surface area contributed by atoms with Gasteiger partial charge < -0.3 is 9.47 Å². The van der Waals surface area contributed by atoms with Gasteiger partial charge >= 0.3 is 0 Å². The molecule has 2 heterocycles. The molecule has 7 nitrogen and oxygen atoms in total. The van der Waals surface area contributed by atoms with Crippen molar-refractivity contribution in [1.29, 1.82) is 0 Å². The summed E-state index contributed by atoms with van der Waals surface area (Å²) >= 11 is 0. The summed E-state index contributed by atoms with van der Waals surface area (Å²) in [6, 6.07) is 7.15. The lowest BCUT2D eigenvalue weighted by Gasteiger charge is -2.02. The van der Waals surface area contributed by atoms with Crippen LogP contribution in [-0.2, 0) is 4.74 Å². The van der Waals surface area contributed by atoms with Crippen LogP contribution in [-0.4, -0.2) is 40.1 Å². The van der Waals surface area contributed by atoms with Crippen molar-refractivity contribution in [2.24, 2.45) is 0 Å². The first-order valence-corrected chi connectivity index (χ1v) is 6.44. The van der Waals surface area contributed by atoms with E-state index < -0.39 is 0 Å². The van der Waals surface area contributed by atoms with Crippen LogP contribution in [0.2, 0.25) is 0 Å². The van der Waals surface area contributed by atoms with Gasteiger partial charge in [-0.15, -0.1) is 0 Å². The fraction of sp³-hybridized carbons (Fsp3) is 0.214. The van der Waals surface area contributed by atoms with Crippen molar-refractivity contribution in [3.8, 4) is 11.7 Å². The summed E-state index contributed by atoms with van der Waals surface area (Å²) < 4.78 is 11.8. The number of hydrogen-bond donors (Lipinski definition) is 1. The molecule has 0 atom stereocenters. The number of hydrogen-bond acceptors (Lipinski definition) is 5. The Bertz CT molecular complexity index is 809. The molecule has 2 aromatic heterocycles. The van der Waals surface area contributed by atoms with Crippen molar-refractivity contribution in [2.45, 2.75) is 0 Å². The van der Waals surface area contributed by atoms with Gasteiger partial charge in [-0.2, -0.15) is 5.10 Å². The Kier molecular flexibility index (Phi) is 3.65. The summed E-state index contributed by atoms with van der Waals surface area (Å²) in [4.78, 5) is 19.1. The highest BCUT2D eigenvalue weighted by atomic mass is 16.5. The summed E-state index contributed by atoms with van der Waals surface area (Å²) in [6.07, 6.45) is 3.22. The number of nitrogens with one attached hydrogen (secondary N) is 1. The van der Waals surface area contributed by atoms with Crippen LogP contribution in [0.25, 0.3) is 16.9 Å². The summed E-state index contributed by atoms with van der Waals surface area (Å²) in [7, 11) is 1.61. The molecule has 1 N–H and O–H groups in total. The molecule has 0 bridgehead atoms. The monoisotopic (exact) mass is 286 g/mol. The number of ether oxygens (including phenoxy) is 2. The summed E-state index contributed by atoms with van der Waals surface area (Å²) in [5.74, 6) is 0.933. The molecule has 3 rings (SSSR count). The average molecular weight is 286 g/mol. The number of aromatic nitrogens is 4. The molecule has 0 unspecified atom stereocenters. The van der Waals surface area contributed by atoms with Gasteiger partial charge in [-0.25, -0.2) is 9.67 Å². The second-order valence-electron chi connectivity index (χ2n) is 4.37. The van der Waals surface area contributed by atoms with E-state index in [4.69, 9.17) is 9.47 Å². The number of fused-ring (bicyclic) bond motifs is 1. The largest absolute Gasteiger partial charge is 0.488 e. The minimum Gasteiger partial charge on any atom is -0.488 e. The maximum Gasteiger partial charge on any atom is 0.260 e. The molecule has 0 saturated heterocycles. The molecule has 3 aromatic rings. The van der Waals surface area contributed by atoms with E-state index in [1.165, 1.54) is 4.68 Å². The Morgan fingerprint density at radius 3 is 3.00 bits per heavy atom. The summed E-state index contributed by atoms with van der Waals surface area (Å²) in [5, 5.41) is 4.68. The molecular formula is C14H14N4O3. The SMILES string of the molecule is COCCOc1cnn(-c2nc3ccccc3c(=O)[nH]2)c1. The van der Waals surface area contributed by atoms with Gasteiger partial charge in [0.1, 0.15) is 6.61 Å². The Morgan fingerprint density at radius 2 is 2.14 bits per heavy atom. The van der Waals surface area contributed by atoms with Crippen LogP contribution in [0, 0.1) is 0 Å². The van der Waals surface area contributed by atoms with Crippen molar-refractivity contribution >= 4 is 10.9 Å². The Hall–Kier alpha value is -2.67. The van der Waals surface area contributed by atoms with Gasteiger partial charge in [0.25, 0.3) is 5.56 Å². The van der Waals surface area contributed by atoms with E-state index in [2.05, 4.69) is 15.1 Å². The molecule has 7 heteroatoms. The molecule has 1 aromatic carbocycles. The number of aromatic amines is 1. The molecule has 0 spiro atoms. The van der Waals surface area contributed by atoms with Gasteiger partial charge in [-0.05, 0) is 12.1 Å². The normalized spacial score (nSPS) is 10.9. The first-order valence-electron chi connectivity index (χ1n) is 6.44. The zero-order chi connectivity index (χ0) is 14.7. The first kappa shape index (κ1) is 13.3. The number of H-pyrrole nitrogens is 1. The summed E-state index contributed by atoms with van der Waals surface area (Å²) in [5.41, 5.74) is 0.418. The number of para-hydroxylation sites is 1. The maximum absolute atomic E-state index is 12.0. The third-order valence-electron chi connectivity index (χ3n) is 2.93. The van der Waals surface area contributed by atoms with E-state index in [9.17, 15) is 4.79 Å². The highest BCUT2D eigenvalue weighted by molar-refractivity contribution is 5.77. The molecule has 0 aliphatic rings. The lowest BCUT2D eigenvalue weighted by molar-refractivity contribution is 0.146.